The summed E-state index contributed by atoms with van der Waals surface area (Å²) in [7, 11) is 1.74. The van der Waals surface area contributed by atoms with Crippen molar-refractivity contribution in [3.05, 3.63) is 35.6 Å². The van der Waals surface area contributed by atoms with Gasteiger partial charge in [0.15, 0.2) is 0 Å². The van der Waals surface area contributed by atoms with Crippen molar-refractivity contribution in [1.29, 1.82) is 0 Å². The highest BCUT2D eigenvalue weighted by Crippen LogP contribution is 2.29. The van der Waals surface area contributed by atoms with Crippen LogP contribution in [0.3, 0.4) is 0 Å². The van der Waals surface area contributed by atoms with Crippen molar-refractivity contribution < 1.29 is 9.13 Å². The molecule has 1 fully saturated rings. The lowest BCUT2D eigenvalue weighted by Crippen LogP contribution is -2.43. The number of nitrogens with two attached hydrogens (primary N) is 1. The minimum Gasteiger partial charge on any atom is -0.380 e. The fraction of sp³-hybridized carbons (Fsp3) is 0.625. The summed E-state index contributed by atoms with van der Waals surface area (Å²) in [5.41, 5.74) is 7.24. The summed E-state index contributed by atoms with van der Waals surface area (Å²) < 4.78 is 18.8. The zero-order valence-electron chi connectivity index (χ0n) is 11.6. The molecule has 0 aliphatic heterocycles. The van der Waals surface area contributed by atoms with Crippen LogP contribution >= 0.6 is 0 Å². The molecule has 3 heteroatoms. The summed E-state index contributed by atoms with van der Waals surface area (Å²) >= 11 is 0. The van der Waals surface area contributed by atoms with Crippen LogP contribution in [0.15, 0.2) is 24.3 Å². The monoisotopic (exact) mass is 265 g/mol. The lowest BCUT2D eigenvalue weighted by atomic mass is 9.81. The largest absolute Gasteiger partial charge is 0.380 e. The van der Waals surface area contributed by atoms with Gasteiger partial charge in [0.25, 0.3) is 0 Å². The van der Waals surface area contributed by atoms with E-state index in [1.165, 1.54) is 38.2 Å². The van der Waals surface area contributed by atoms with Crippen LogP contribution in [0.4, 0.5) is 4.39 Å². The summed E-state index contributed by atoms with van der Waals surface area (Å²) in [6.07, 6.45) is 7.04. The fourth-order valence-electron chi connectivity index (χ4n) is 3.23. The van der Waals surface area contributed by atoms with Crippen LogP contribution in [0.5, 0.6) is 0 Å². The Morgan fingerprint density at radius 3 is 2.68 bits per heavy atom. The first-order valence-corrected chi connectivity index (χ1v) is 7.23. The highest BCUT2D eigenvalue weighted by molar-refractivity contribution is 5.17. The van der Waals surface area contributed by atoms with Crippen molar-refractivity contribution in [2.24, 2.45) is 11.7 Å². The first kappa shape index (κ1) is 14.5. The van der Waals surface area contributed by atoms with Gasteiger partial charge in [0.1, 0.15) is 5.82 Å². The third kappa shape index (κ3) is 4.02. The highest BCUT2D eigenvalue weighted by atomic mass is 19.1. The minimum atomic E-state index is -0.198. The zero-order valence-corrected chi connectivity index (χ0v) is 11.6. The van der Waals surface area contributed by atoms with Gasteiger partial charge in [-0.05, 0) is 42.9 Å². The average Bonchev–Trinajstić information content (AvgIpc) is 2.41. The van der Waals surface area contributed by atoms with Gasteiger partial charge in [-0.15, -0.1) is 0 Å². The molecule has 0 spiro atoms. The molecule has 0 bridgehead atoms. The number of ether oxygens (including phenoxy) is 1. The molecule has 0 heterocycles. The SMILES string of the molecule is COC(C(N)Cc1cccc(F)c1)C1CCCCC1. The average molecular weight is 265 g/mol. The van der Waals surface area contributed by atoms with Crippen LogP contribution in [0.2, 0.25) is 0 Å². The molecule has 1 saturated carbocycles. The normalized spacial score (nSPS) is 20.2. The maximum absolute atomic E-state index is 13.2. The lowest BCUT2D eigenvalue weighted by Gasteiger charge is -2.33. The molecule has 106 valence electrons. The number of benzene rings is 1. The van der Waals surface area contributed by atoms with Crippen LogP contribution in [-0.2, 0) is 11.2 Å². The Bertz CT molecular complexity index is 390. The third-order valence-corrected chi connectivity index (χ3v) is 4.17. The molecule has 2 rings (SSSR count). The number of hydrogen-bond donors (Lipinski definition) is 1. The second-order valence-electron chi connectivity index (χ2n) is 5.60. The molecule has 0 saturated heterocycles. The van der Waals surface area contributed by atoms with E-state index >= 15 is 0 Å². The van der Waals surface area contributed by atoms with E-state index in [0.717, 1.165) is 5.56 Å². The van der Waals surface area contributed by atoms with E-state index in [2.05, 4.69) is 0 Å². The maximum Gasteiger partial charge on any atom is 0.123 e. The molecule has 2 atom stereocenters. The van der Waals surface area contributed by atoms with Crippen molar-refractivity contribution in [1.82, 2.24) is 0 Å². The van der Waals surface area contributed by atoms with Crippen LogP contribution in [0.25, 0.3) is 0 Å². The second-order valence-corrected chi connectivity index (χ2v) is 5.60. The van der Waals surface area contributed by atoms with Gasteiger partial charge in [0, 0.05) is 13.2 Å². The van der Waals surface area contributed by atoms with Gasteiger partial charge < -0.3 is 10.5 Å². The van der Waals surface area contributed by atoms with E-state index in [0.29, 0.717) is 12.3 Å². The molecule has 19 heavy (non-hydrogen) atoms. The van der Waals surface area contributed by atoms with Gasteiger partial charge in [0.05, 0.1) is 6.10 Å². The zero-order chi connectivity index (χ0) is 13.7. The topological polar surface area (TPSA) is 35.2 Å². The van der Waals surface area contributed by atoms with Crippen molar-refractivity contribution in [2.45, 2.75) is 50.7 Å². The quantitative estimate of drug-likeness (QED) is 0.886. The molecule has 1 aliphatic carbocycles. The van der Waals surface area contributed by atoms with E-state index in [1.54, 1.807) is 19.2 Å². The summed E-state index contributed by atoms with van der Waals surface area (Å²) in [6, 6.07) is 6.63. The Morgan fingerprint density at radius 2 is 2.05 bits per heavy atom. The Labute approximate surface area is 115 Å². The number of halogens is 1. The van der Waals surface area contributed by atoms with Gasteiger partial charge in [0.2, 0.25) is 0 Å². The molecule has 0 amide bonds. The summed E-state index contributed by atoms with van der Waals surface area (Å²) in [4.78, 5) is 0. The molecule has 1 aromatic carbocycles. The molecule has 1 aliphatic rings. The minimum absolute atomic E-state index is 0.0603. The van der Waals surface area contributed by atoms with Crippen molar-refractivity contribution in [3.63, 3.8) is 0 Å². The predicted octanol–water partition coefficient (Wildman–Crippen LogP) is 3.29. The van der Waals surface area contributed by atoms with Crippen molar-refractivity contribution >= 4 is 0 Å². The highest BCUT2D eigenvalue weighted by Gasteiger charge is 2.28. The second kappa shape index (κ2) is 7.01. The van der Waals surface area contributed by atoms with Gasteiger partial charge >= 0.3 is 0 Å². The summed E-state index contributed by atoms with van der Waals surface area (Å²) in [5, 5.41) is 0. The molecule has 2 unspecified atom stereocenters. The van der Waals surface area contributed by atoms with Crippen molar-refractivity contribution in [3.8, 4) is 0 Å². The summed E-state index contributed by atoms with van der Waals surface area (Å²) in [5.74, 6) is 0.360. The smallest absolute Gasteiger partial charge is 0.123 e. The Hall–Kier alpha value is -0.930. The molecule has 2 nitrogen and oxygen atoms in total. The van der Waals surface area contributed by atoms with E-state index in [1.807, 2.05) is 6.07 Å². The van der Waals surface area contributed by atoms with Gasteiger partial charge in [-0.3, -0.25) is 0 Å². The molecule has 2 N–H and O–H groups in total. The third-order valence-electron chi connectivity index (χ3n) is 4.17. The Morgan fingerprint density at radius 1 is 1.32 bits per heavy atom. The van der Waals surface area contributed by atoms with Gasteiger partial charge in [-0.25, -0.2) is 4.39 Å². The molecular formula is C16H24FNO. The van der Waals surface area contributed by atoms with Crippen LogP contribution < -0.4 is 5.73 Å². The van der Waals surface area contributed by atoms with E-state index in [4.69, 9.17) is 10.5 Å². The van der Waals surface area contributed by atoms with Gasteiger partial charge in [-0.1, -0.05) is 31.4 Å². The lowest BCUT2D eigenvalue weighted by molar-refractivity contribution is 0.0179. The van der Waals surface area contributed by atoms with Gasteiger partial charge in [-0.2, -0.15) is 0 Å². The van der Waals surface area contributed by atoms with Crippen LogP contribution in [0, 0.1) is 11.7 Å². The maximum atomic E-state index is 13.2. The Kier molecular flexibility index (Phi) is 5.34. The number of rotatable bonds is 5. The molecule has 1 aromatic rings. The summed E-state index contributed by atoms with van der Waals surface area (Å²) in [6.45, 7) is 0. The first-order valence-electron chi connectivity index (χ1n) is 7.23. The van der Waals surface area contributed by atoms with Crippen molar-refractivity contribution in [2.75, 3.05) is 7.11 Å². The Balaban J connectivity index is 1.97. The molecule has 0 aromatic heterocycles. The number of hydrogen-bond acceptors (Lipinski definition) is 2. The fourth-order valence-corrected chi connectivity index (χ4v) is 3.23. The van der Waals surface area contributed by atoms with E-state index < -0.39 is 0 Å². The van der Waals surface area contributed by atoms with Crippen LogP contribution in [-0.4, -0.2) is 19.3 Å². The first-order chi connectivity index (χ1) is 9.20. The van der Waals surface area contributed by atoms with E-state index in [9.17, 15) is 4.39 Å². The number of methoxy groups -OCH3 is 1. The molecular weight excluding hydrogens is 241 g/mol. The predicted molar refractivity (Wildman–Crippen MR) is 75.5 cm³/mol. The molecule has 0 radical (unpaired) electrons. The standard InChI is InChI=1S/C16H24FNO/c1-19-16(13-7-3-2-4-8-13)15(18)11-12-6-5-9-14(17)10-12/h5-6,9-10,13,15-16H,2-4,7-8,11,18H2,1H3. The van der Waals surface area contributed by atoms with Crippen LogP contribution in [0.1, 0.15) is 37.7 Å². The van der Waals surface area contributed by atoms with E-state index in [-0.39, 0.29) is 18.0 Å².